The molecule has 2 N–H and O–H groups in total. The van der Waals surface area contributed by atoms with Crippen molar-refractivity contribution < 1.29 is 8.23 Å². The molecule has 138 valence electrons. The molecule has 1 saturated heterocycles. The summed E-state index contributed by atoms with van der Waals surface area (Å²) in [6, 6.07) is 0. The van der Waals surface area contributed by atoms with E-state index in [0.717, 1.165) is 39.3 Å². The van der Waals surface area contributed by atoms with Crippen molar-refractivity contribution in [3.8, 4) is 0 Å². The van der Waals surface area contributed by atoms with Gasteiger partial charge in [0.05, 0.1) is 0 Å². The first kappa shape index (κ1) is 21.5. The van der Waals surface area contributed by atoms with Crippen molar-refractivity contribution in [2.45, 2.75) is 64.8 Å². The predicted octanol–water partition coefficient (Wildman–Crippen LogP) is 2.53. The van der Waals surface area contributed by atoms with Crippen LogP contribution in [0.3, 0.4) is 0 Å². The summed E-state index contributed by atoms with van der Waals surface area (Å²) in [5.74, 6) is 0. The van der Waals surface area contributed by atoms with Crippen molar-refractivity contribution in [1.82, 2.24) is 15.5 Å². The summed E-state index contributed by atoms with van der Waals surface area (Å²) in [7, 11) is -5.55. The molecule has 1 aliphatic heterocycles. The third-order valence-corrected chi connectivity index (χ3v) is 13.8. The molecule has 23 heavy (non-hydrogen) atoms. The number of nitrogens with one attached hydrogen (secondary N) is 2. The van der Waals surface area contributed by atoms with Crippen LogP contribution in [0.15, 0.2) is 0 Å². The predicted molar refractivity (Wildman–Crippen MR) is 107 cm³/mol. The minimum absolute atomic E-state index is 0.343. The highest BCUT2D eigenvalue weighted by atomic mass is 28.5. The van der Waals surface area contributed by atoms with Gasteiger partial charge >= 0.3 is 8.56 Å². The van der Waals surface area contributed by atoms with E-state index in [1.807, 2.05) is 0 Å². The molecule has 1 fully saturated rings. The first-order chi connectivity index (χ1) is 10.5. The maximum Gasteiger partial charge on any atom is 0.331 e. The second-order valence-electron chi connectivity index (χ2n) is 8.64. The number of piperazine rings is 1. The third kappa shape index (κ3) is 8.39. The van der Waals surface area contributed by atoms with Crippen LogP contribution < -0.4 is 10.6 Å². The van der Waals surface area contributed by atoms with E-state index >= 15 is 0 Å². The Labute approximate surface area is 147 Å². The number of hydrogen-bond donors (Lipinski definition) is 2. The van der Waals surface area contributed by atoms with Gasteiger partial charge in [0.2, 0.25) is 0 Å². The van der Waals surface area contributed by atoms with Crippen molar-refractivity contribution >= 4 is 25.2 Å². The Morgan fingerprint density at radius 1 is 0.957 bits per heavy atom. The van der Waals surface area contributed by atoms with Crippen LogP contribution in [0.5, 0.6) is 0 Å². The summed E-state index contributed by atoms with van der Waals surface area (Å²) < 4.78 is 13.4. The zero-order valence-corrected chi connectivity index (χ0v) is 19.6. The lowest BCUT2D eigenvalue weighted by Gasteiger charge is -2.43. The van der Waals surface area contributed by atoms with E-state index in [4.69, 9.17) is 8.23 Å². The summed E-state index contributed by atoms with van der Waals surface area (Å²) in [6.45, 7) is 23.5. The van der Waals surface area contributed by atoms with Gasteiger partial charge in [0, 0.05) is 38.5 Å². The molecule has 0 bridgehead atoms. The first-order valence-electron chi connectivity index (χ1n) is 9.02. The third-order valence-electron chi connectivity index (χ3n) is 3.83. The lowest BCUT2D eigenvalue weighted by Crippen LogP contribution is -2.65. The van der Waals surface area contributed by atoms with Gasteiger partial charge < -0.3 is 13.5 Å². The summed E-state index contributed by atoms with van der Waals surface area (Å²) in [5.41, 5.74) is 0.343. The second kappa shape index (κ2) is 8.70. The second-order valence-corrected chi connectivity index (χ2v) is 21.4. The van der Waals surface area contributed by atoms with Crippen molar-refractivity contribution in [3.63, 3.8) is 0 Å². The van der Waals surface area contributed by atoms with E-state index in [1.54, 1.807) is 0 Å². The molecule has 1 atom stereocenters. The molecule has 8 heteroatoms. The van der Waals surface area contributed by atoms with Crippen LogP contribution >= 0.6 is 0 Å². The Bertz CT molecular complexity index is 337. The number of rotatable bonds is 9. The molecule has 0 saturated carbocycles. The van der Waals surface area contributed by atoms with Gasteiger partial charge in [-0.05, 0) is 52.2 Å². The van der Waals surface area contributed by atoms with E-state index in [1.165, 1.54) is 0 Å². The summed E-state index contributed by atoms with van der Waals surface area (Å²) in [6.07, 6.45) is 1.06. The summed E-state index contributed by atoms with van der Waals surface area (Å²) in [4.78, 5) is 2.48. The largest absolute Gasteiger partial charge is 0.436 e. The number of nitrogens with zero attached hydrogens (tertiary/aromatic N) is 1. The van der Waals surface area contributed by atoms with E-state index in [0.29, 0.717) is 5.67 Å². The Morgan fingerprint density at radius 3 is 1.83 bits per heavy atom. The SMILES string of the molecule is CCC(NCN1CCNCC1)[Si](C)(O[Si](C)(C)C)O[Si](C)(C)C. The molecule has 0 aromatic heterocycles. The van der Waals surface area contributed by atoms with Crippen molar-refractivity contribution in [1.29, 1.82) is 0 Å². The fraction of sp³-hybridized carbons (Fsp3) is 1.00. The Hall–Kier alpha value is 0.451. The maximum atomic E-state index is 6.69. The van der Waals surface area contributed by atoms with E-state index in [2.05, 4.69) is 68.3 Å². The van der Waals surface area contributed by atoms with Gasteiger partial charge in [0.25, 0.3) is 0 Å². The zero-order chi connectivity index (χ0) is 17.7. The fourth-order valence-electron chi connectivity index (χ4n) is 3.19. The maximum absolute atomic E-state index is 6.69. The molecular weight excluding hydrogens is 338 g/mol. The highest BCUT2D eigenvalue weighted by molar-refractivity contribution is 6.88. The van der Waals surface area contributed by atoms with E-state index in [-0.39, 0.29) is 0 Å². The molecule has 1 unspecified atom stereocenters. The quantitative estimate of drug-likeness (QED) is 0.605. The van der Waals surface area contributed by atoms with Crippen molar-refractivity contribution in [2.24, 2.45) is 0 Å². The molecule has 0 amide bonds. The number of hydrogen-bond acceptors (Lipinski definition) is 5. The monoisotopic (exact) mass is 377 g/mol. The zero-order valence-electron chi connectivity index (χ0n) is 16.6. The molecule has 1 heterocycles. The fourth-order valence-corrected chi connectivity index (χ4v) is 15.8. The molecule has 1 rings (SSSR count). The average Bonchev–Trinajstić information content (AvgIpc) is 2.35. The van der Waals surface area contributed by atoms with E-state index < -0.39 is 25.2 Å². The Balaban J connectivity index is 2.78. The van der Waals surface area contributed by atoms with Crippen LogP contribution in [0.2, 0.25) is 45.8 Å². The van der Waals surface area contributed by atoms with Gasteiger partial charge in [0.15, 0.2) is 16.6 Å². The minimum Gasteiger partial charge on any atom is -0.436 e. The summed E-state index contributed by atoms with van der Waals surface area (Å²) in [5, 5.41) is 7.19. The normalized spacial score (nSPS) is 19.8. The van der Waals surface area contributed by atoms with Gasteiger partial charge in [-0.15, -0.1) is 0 Å². The standard InChI is InChI=1S/C15H39N3O2Si3/c1-9-15(17-14-18-12-10-16-11-13-18)23(8,19-21(2,3)4)20-22(5,6)7/h15-17H,9-14H2,1-8H3. The minimum atomic E-state index is -2.26. The van der Waals surface area contributed by atoms with Gasteiger partial charge in [0.1, 0.15) is 0 Å². The molecule has 5 nitrogen and oxygen atoms in total. The summed E-state index contributed by atoms with van der Waals surface area (Å²) >= 11 is 0. The Kier molecular flexibility index (Phi) is 8.13. The van der Waals surface area contributed by atoms with Gasteiger partial charge in [-0.2, -0.15) is 0 Å². The molecule has 0 radical (unpaired) electrons. The van der Waals surface area contributed by atoms with Crippen molar-refractivity contribution in [2.75, 3.05) is 32.8 Å². The van der Waals surface area contributed by atoms with Gasteiger partial charge in [-0.3, -0.25) is 10.2 Å². The highest BCUT2D eigenvalue weighted by Crippen LogP contribution is 2.25. The Morgan fingerprint density at radius 2 is 1.43 bits per heavy atom. The molecule has 0 spiro atoms. The van der Waals surface area contributed by atoms with Crippen LogP contribution in [0.25, 0.3) is 0 Å². The molecule has 0 aromatic rings. The first-order valence-corrected chi connectivity index (χ1v) is 18.2. The van der Waals surface area contributed by atoms with Crippen molar-refractivity contribution in [3.05, 3.63) is 0 Å². The lowest BCUT2D eigenvalue weighted by atomic mass is 10.4. The van der Waals surface area contributed by atoms with Crippen LogP contribution in [0.4, 0.5) is 0 Å². The smallest absolute Gasteiger partial charge is 0.331 e. The van der Waals surface area contributed by atoms with Gasteiger partial charge in [-0.1, -0.05) is 6.92 Å². The van der Waals surface area contributed by atoms with Gasteiger partial charge in [-0.25, -0.2) is 0 Å². The molecule has 1 aliphatic rings. The van der Waals surface area contributed by atoms with Crippen LogP contribution in [-0.4, -0.2) is 68.6 Å². The highest BCUT2D eigenvalue weighted by Gasteiger charge is 2.46. The molecular formula is C15H39N3O2Si3. The van der Waals surface area contributed by atoms with Crippen LogP contribution in [0.1, 0.15) is 13.3 Å². The molecule has 0 aliphatic carbocycles. The topological polar surface area (TPSA) is 45.8 Å². The average molecular weight is 378 g/mol. The van der Waals surface area contributed by atoms with Crippen LogP contribution in [-0.2, 0) is 8.23 Å². The molecule has 0 aromatic carbocycles. The lowest BCUT2D eigenvalue weighted by molar-refractivity contribution is 0.213. The van der Waals surface area contributed by atoms with Crippen LogP contribution in [0, 0.1) is 0 Å². The van der Waals surface area contributed by atoms with E-state index in [9.17, 15) is 0 Å².